The number of hydrogen-bond acceptors (Lipinski definition) is 9. The minimum absolute atomic E-state index is 0.183. The molecule has 1 spiro atoms. The lowest BCUT2D eigenvalue weighted by Crippen LogP contribution is -2.86. The molecule has 2 saturated carbocycles. The molecule has 5 N–H and O–H groups in total. The third-order valence-corrected chi connectivity index (χ3v) is 8.96. The van der Waals surface area contributed by atoms with Crippen LogP contribution in [0.1, 0.15) is 27.2 Å². The highest BCUT2D eigenvalue weighted by Crippen LogP contribution is 2.73. The monoisotopic (exact) mass is 410 g/mol. The van der Waals surface area contributed by atoms with Crippen molar-refractivity contribution >= 4 is 11.8 Å². The van der Waals surface area contributed by atoms with Gasteiger partial charge in [0.1, 0.15) is 29.5 Å². The number of carbonyl (C=O) groups excluding carboxylic acids is 2. The quantitative estimate of drug-likeness (QED) is 0.287. The number of fused-ring (bicyclic) bond motifs is 2. The Morgan fingerprint density at radius 3 is 2.41 bits per heavy atom. The molecule has 2 heterocycles. The van der Waals surface area contributed by atoms with Gasteiger partial charge in [0.05, 0.1) is 18.1 Å². The minimum Gasteiger partial charge on any atom is -0.460 e. The summed E-state index contributed by atoms with van der Waals surface area (Å²) in [5.41, 5.74) is -6.22. The van der Waals surface area contributed by atoms with Crippen molar-refractivity contribution in [2.75, 3.05) is 6.61 Å². The van der Waals surface area contributed by atoms with Crippen molar-refractivity contribution in [3.05, 3.63) is 11.6 Å². The molecule has 2 bridgehead atoms. The van der Waals surface area contributed by atoms with Crippen molar-refractivity contribution in [1.29, 1.82) is 0 Å². The Kier molecular flexibility index (Phi) is 3.56. The minimum atomic E-state index is -2.27. The zero-order chi connectivity index (χ0) is 21.3. The lowest BCUT2D eigenvalue weighted by molar-refractivity contribution is -0.351. The van der Waals surface area contributed by atoms with Gasteiger partial charge >= 0.3 is 5.97 Å². The maximum absolute atomic E-state index is 12.5. The Hall–Kier alpha value is -1.36. The molecule has 0 amide bonds. The molecular weight excluding hydrogens is 384 g/mol. The summed E-state index contributed by atoms with van der Waals surface area (Å²) in [5, 5.41) is 55.8. The van der Waals surface area contributed by atoms with Crippen LogP contribution in [0.25, 0.3) is 0 Å². The van der Waals surface area contributed by atoms with Gasteiger partial charge in [-0.2, -0.15) is 0 Å². The van der Waals surface area contributed by atoms with E-state index in [2.05, 4.69) is 0 Å². The lowest BCUT2D eigenvalue weighted by Gasteiger charge is -2.70. The first-order chi connectivity index (χ1) is 13.4. The molecule has 9 nitrogen and oxygen atoms in total. The van der Waals surface area contributed by atoms with Crippen LogP contribution in [0.15, 0.2) is 11.6 Å². The Morgan fingerprint density at radius 2 is 1.76 bits per heavy atom. The van der Waals surface area contributed by atoms with E-state index >= 15 is 0 Å². The van der Waals surface area contributed by atoms with E-state index in [0.717, 1.165) is 0 Å². The van der Waals surface area contributed by atoms with Crippen LogP contribution in [-0.2, 0) is 19.1 Å². The first kappa shape index (κ1) is 19.6. The predicted molar refractivity (Wildman–Crippen MR) is 94.1 cm³/mol. The Labute approximate surface area is 166 Å². The van der Waals surface area contributed by atoms with Crippen molar-refractivity contribution in [3.8, 4) is 0 Å². The van der Waals surface area contributed by atoms with Gasteiger partial charge in [0, 0.05) is 11.3 Å². The van der Waals surface area contributed by atoms with Gasteiger partial charge < -0.3 is 35.0 Å². The zero-order valence-corrected chi connectivity index (χ0v) is 16.4. The van der Waals surface area contributed by atoms with E-state index in [1.54, 1.807) is 13.8 Å². The standard InChI is InChI=1S/C20H26O9/c1-7-4-9(21)13(23)17(2)8(7)5-10-19-6-28-18(3,14(24)11(22)12(17)19)20(19,27)15(25)16(26)29-10/h4,8,10-15,22-25,27H,5-6H2,1-3H3/t8-,10+,11?,12+,13?,14-,15?,17-,18?,19?,20?/m0/s1. The molecule has 2 aliphatic heterocycles. The van der Waals surface area contributed by atoms with Crippen molar-refractivity contribution in [3.63, 3.8) is 0 Å². The summed E-state index contributed by atoms with van der Waals surface area (Å²) >= 11 is 0. The van der Waals surface area contributed by atoms with Gasteiger partial charge in [-0.15, -0.1) is 0 Å². The molecular formula is C20H26O9. The fourth-order valence-corrected chi connectivity index (χ4v) is 7.56. The van der Waals surface area contributed by atoms with E-state index < -0.39 is 76.1 Å². The number of rotatable bonds is 0. The van der Waals surface area contributed by atoms with Crippen molar-refractivity contribution in [2.24, 2.45) is 22.7 Å². The van der Waals surface area contributed by atoms with Gasteiger partial charge in [-0.25, -0.2) is 4.79 Å². The Bertz CT molecular complexity index is 855. The molecule has 6 unspecified atom stereocenters. The molecule has 0 radical (unpaired) electrons. The first-order valence-electron chi connectivity index (χ1n) is 9.90. The fourth-order valence-electron chi connectivity index (χ4n) is 7.56. The van der Waals surface area contributed by atoms with Crippen LogP contribution < -0.4 is 0 Å². The second-order valence-corrected chi connectivity index (χ2v) is 9.79. The van der Waals surface area contributed by atoms with Gasteiger partial charge in [-0.3, -0.25) is 4.79 Å². The number of aliphatic hydroxyl groups is 5. The van der Waals surface area contributed by atoms with Gasteiger partial charge in [-0.1, -0.05) is 12.5 Å². The van der Waals surface area contributed by atoms with Crippen LogP contribution >= 0.6 is 0 Å². The smallest absolute Gasteiger partial charge is 0.338 e. The Morgan fingerprint density at radius 1 is 1.10 bits per heavy atom. The third kappa shape index (κ3) is 1.70. The lowest BCUT2D eigenvalue weighted by atomic mass is 9.36. The summed E-state index contributed by atoms with van der Waals surface area (Å²) in [7, 11) is 0. The SMILES string of the molecule is CC1=CC(=O)C(O)[C@@]2(C)[C@H]1C[C@H]1OC(=O)C(O)C3(O)C4(C)OCC13[C@@H]2C(O)[C@@H]4O. The number of aliphatic hydroxyl groups excluding tert-OH is 4. The summed E-state index contributed by atoms with van der Waals surface area (Å²) in [4.78, 5) is 25.0. The fraction of sp³-hybridized carbons (Fsp3) is 0.800. The van der Waals surface area contributed by atoms with Crippen LogP contribution in [0.3, 0.4) is 0 Å². The van der Waals surface area contributed by atoms with Crippen molar-refractivity contribution in [1.82, 2.24) is 0 Å². The van der Waals surface area contributed by atoms with Gasteiger partial charge in [0.15, 0.2) is 11.9 Å². The summed E-state index contributed by atoms with van der Waals surface area (Å²) in [5.74, 6) is -3.08. The molecule has 2 saturated heterocycles. The summed E-state index contributed by atoms with van der Waals surface area (Å²) in [6.07, 6.45) is -6.07. The average Bonchev–Trinajstić information content (AvgIpc) is 2.85. The molecule has 5 aliphatic rings. The number of ether oxygens (including phenoxy) is 2. The average molecular weight is 410 g/mol. The largest absolute Gasteiger partial charge is 0.460 e. The highest BCUT2D eigenvalue weighted by Gasteiger charge is 2.88. The summed E-state index contributed by atoms with van der Waals surface area (Å²) < 4.78 is 11.4. The van der Waals surface area contributed by atoms with E-state index in [1.165, 1.54) is 13.0 Å². The molecule has 9 heteroatoms. The number of allylic oxidation sites excluding steroid dienone is 1. The second-order valence-electron chi connectivity index (χ2n) is 9.79. The molecule has 4 fully saturated rings. The molecule has 160 valence electrons. The van der Waals surface area contributed by atoms with E-state index in [9.17, 15) is 35.1 Å². The molecule has 5 rings (SSSR count). The molecule has 0 aromatic heterocycles. The van der Waals surface area contributed by atoms with Gasteiger partial charge in [0.2, 0.25) is 0 Å². The van der Waals surface area contributed by atoms with E-state index in [1.807, 2.05) is 0 Å². The van der Waals surface area contributed by atoms with Crippen LogP contribution in [-0.4, -0.2) is 85.6 Å². The second kappa shape index (κ2) is 5.27. The summed E-state index contributed by atoms with van der Waals surface area (Å²) in [6.45, 7) is 4.52. The number of hydrogen-bond donors (Lipinski definition) is 5. The third-order valence-electron chi connectivity index (χ3n) is 8.96. The highest BCUT2D eigenvalue weighted by molar-refractivity contribution is 5.96. The molecule has 11 atom stereocenters. The molecule has 0 aromatic carbocycles. The van der Waals surface area contributed by atoms with Crippen LogP contribution in [0.5, 0.6) is 0 Å². The van der Waals surface area contributed by atoms with Crippen LogP contribution in [0, 0.1) is 22.7 Å². The number of esters is 1. The van der Waals surface area contributed by atoms with E-state index in [0.29, 0.717) is 5.57 Å². The first-order valence-corrected chi connectivity index (χ1v) is 9.90. The maximum atomic E-state index is 12.5. The topological polar surface area (TPSA) is 154 Å². The highest BCUT2D eigenvalue weighted by atomic mass is 16.6. The number of carbonyl (C=O) groups is 2. The molecule has 29 heavy (non-hydrogen) atoms. The van der Waals surface area contributed by atoms with E-state index in [-0.39, 0.29) is 13.0 Å². The van der Waals surface area contributed by atoms with Crippen molar-refractivity contribution < 1.29 is 44.6 Å². The molecule has 3 aliphatic carbocycles. The maximum Gasteiger partial charge on any atom is 0.338 e. The van der Waals surface area contributed by atoms with Gasteiger partial charge in [0.25, 0.3) is 0 Å². The van der Waals surface area contributed by atoms with Gasteiger partial charge in [-0.05, 0) is 32.3 Å². The Balaban J connectivity index is 1.83. The van der Waals surface area contributed by atoms with Crippen molar-refractivity contribution in [2.45, 2.75) is 68.9 Å². The molecule has 0 aromatic rings. The number of ketones is 1. The normalized spacial score (nSPS) is 60.8. The van der Waals surface area contributed by atoms with Crippen LogP contribution in [0.4, 0.5) is 0 Å². The summed E-state index contributed by atoms with van der Waals surface area (Å²) in [6, 6.07) is 0. The predicted octanol–water partition coefficient (Wildman–Crippen LogP) is -1.95. The van der Waals surface area contributed by atoms with Crippen LogP contribution in [0.2, 0.25) is 0 Å². The van der Waals surface area contributed by atoms with E-state index in [4.69, 9.17) is 9.47 Å². The zero-order valence-electron chi connectivity index (χ0n) is 16.4.